The van der Waals surface area contributed by atoms with E-state index in [0.717, 1.165) is 19.3 Å². The molecule has 0 saturated heterocycles. The lowest BCUT2D eigenvalue weighted by Gasteiger charge is -2.39. The molecule has 0 aromatic heterocycles. The van der Waals surface area contributed by atoms with Crippen LogP contribution in [0.25, 0.3) is 0 Å². The summed E-state index contributed by atoms with van der Waals surface area (Å²) in [5.41, 5.74) is -0.441. The number of methoxy groups -OCH3 is 3. The molecule has 2 aliphatic rings. The number of rotatable bonds is 6. The number of amides is 1. The lowest BCUT2D eigenvalue weighted by atomic mass is 9.69. The number of carbonyl (C=O) groups is 1. The predicted molar refractivity (Wildman–Crippen MR) is 103 cm³/mol. The highest BCUT2D eigenvalue weighted by Gasteiger charge is 2.61. The Kier molecular flexibility index (Phi) is 4.93. The number of carbonyl (C=O) groups excluding carboxylic acids is 1. The van der Waals surface area contributed by atoms with E-state index in [4.69, 9.17) is 14.2 Å². The number of hydrogen-bond donors (Lipinski definition) is 1. The van der Waals surface area contributed by atoms with E-state index >= 15 is 0 Å². The summed E-state index contributed by atoms with van der Waals surface area (Å²) in [6.07, 6.45) is 3.07. The number of nitrogens with one attached hydrogen (secondary N) is 1. The molecule has 1 aromatic rings. The Morgan fingerprint density at radius 1 is 1.18 bits per heavy atom. The average molecular weight is 392 g/mol. The first-order valence-corrected chi connectivity index (χ1v) is 9.40. The fourth-order valence-corrected chi connectivity index (χ4v) is 5.15. The molecule has 2 bridgehead atoms. The average Bonchev–Trinajstić information content (AvgIpc) is 2.99. The summed E-state index contributed by atoms with van der Waals surface area (Å²) < 4.78 is 15.7. The van der Waals surface area contributed by atoms with E-state index in [1.165, 1.54) is 27.4 Å². The molecular formula is C20H28N2O6. The fourth-order valence-electron chi connectivity index (χ4n) is 5.15. The van der Waals surface area contributed by atoms with Crippen LogP contribution in [0.1, 0.15) is 50.4 Å². The van der Waals surface area contributed by atoms with Gasteiger partial charge in [0.2, 0.25) is 11.5 Å². The summed E-state index contributed by atoms with van der Waals surface area (Å²) >= 11 is 0. The van der Waals surface area contributed by atoms with Gasteiger partial charge in [-0.05, 0) is 36.0 Å². The number of fused-ring (bicyclic) bond motifs is 2. The van der Waals surface area contributed by atoms with Crippen LogP contribution in [0.5, 0.6) is 17.2 Å². The van der Waals surface area contributed by atoms with E-state index in [-0.39, 0.29) is 39.7 Å². The molecule has 2 fully saturated rings. The number of nitro benzene ring substituents is 1. The number of nitrogens with zero attached hydrogens (tertiary/aromatic N) is 1. The Morgan fingerprint density at radius 2 is 1.82 bits per heavy atom. The summed E-state index contributed by atoms with van der Waals surface area (Å²) in [6.45, 7) is 6.70. The van der Waals surface area contributed by atoms with Gasteiger partial charge in [0.15, 0.2) is 5.75 Å². The molecule has 0 spiro atoms. The minimum Gasteiger partial charge on any atom is -0.493 e. The van der Waals surface area contributed by atoms with E-state index in [9.17, 15) is 14.9 Å². The Labute approximate surface area is 164 Å². The third-order valence-electron chi connectivity index (χ3n) is 7.33. The SMILES string of the molecule is COc1cc(C(=O)NC2CC3CCC2(C)C3(C)C)c([N+](=O)[O-])c(OC)c1OC. The molecule has 0 aliphatic heterocycles. The quantitative estimate of drug-likeness (QED) is 0.587. The monoisotopic (exact) mass is 392 g/mol. The molecule has 0 radical (unpaired) electrons. The van der Waals surface area contributed by atoms with Crippen molar-refractivity contribution < 1.29 is 23.9 Å². The first kappa shape index (κ1) is 20.2. The van der Waals surface area contributed by atoms with Crippen LogP contribution >= 0.6 is 0 Å². The van der Waals surface area contributed by atoms with Gasteiger partial charge in [-0.15, -0.1) is 0 Å². The maximum absolute atomic E-state index is 13.1. The van der Waals surface area contributed by atoms with Crippen LogP contribution in [0, 0.1) is 26.9 Å². The zero-order valence-electron chi connectivity index (χ0n) is 17.3. The van der Waals surface area contributed by atoms with E-state index < -0.39 is 16.5 Å². The van der Waals surface area contributed by atoms with Crippen LogP contribution in [0.4, 0.5) is 5.69 Å². The van der Waals surface area contributed by atoms with Crippen molar-refractivity contribution in [1.82, 2.24) is 5.32 Å². The van der Waals surface area contributed by atoms with Crippen LogP contribution < -0.4 is 19.5 Å². The van der Waals surface area contributed by atoms with Crippen LogP contribution in [0.3, 0.4) is 0 Å². The molecule has 8 heteroatoms. The van der Waals surface area contributed by atoms with Gasteiger partial charge in [0.1, 0.15) is 5.56 Å². The van der Waals surface area contributed by atoms with Crippen molar-refractivity contribution in [3.8, 4) is 17.2 Å². The van der Waals surface area contributed by atoms with Crippen LogP contribution in [0.2, 0.25) is 0 Å². The normalized spacial score (nSPS) is 27.4. The third-order valence-corrected chi connectivity index (χ3v) is 7.33. The molecule has 28 heavy (non-hydrogen) atoms. The number of ether oxygens (including phenoxy) is 3. The van der Waals surface area contributed by atoms with Gasteiger partial charge in [0, 0.05) is 12.1 Å². The molecule has 0 heterocycles. The largest absolute Gasteiger partial charge is 0.493 e. The molecule has 3 unspecified atom stereocenters. The summed E-state index contributed by atoms with van der Waals surface area (Å²) in [7, 11) is 4.07. The zero-order chi connectivity index (χ0) is 20.9. The standard InChI is InChI=1S/C20H28N2O6/c1-19(2)11-7-8-20(19,3)14(9-11)21-18(23)12-10-13(26-4)16(27-5)17(28-6)15(12)22(24)25/h10-11,14H,7-9H2,1-6H3,(H,21,23). The zero-order valence-corrected chi connectivity index (χ0v) is 17.3. The topological polar surface area (TPSA) is 99.9 Å². The molecule has 1 N–H and O–H groups in total. The molecule has 154 valence electrons. The lowest BCUT2D eigenvalue weighted by molar-refractivity contribution is -0.386. The number of benzene rings is 1. The second-order valence-corrected chi connectivity index (χ2v) is 8.44. The highest BCUT2D eigenvalue weighted by molar-refractivity contribution is 6.01. The van der Waals surface area contributed by atoms with Gasteiger partial charge >= 0.3 is 5.69 Å². The van der Waals surface area contributed by atoms with Gasteiger partial charge in [0.05, 0.1) is 26.3 Å². The fraction of sp³-hybridized carbons (Fsp3) is 0.650. The van der Waals surface area contributed by atoms with Crippen molar-refractivity contribution in [2.24, 2.45) is 16.7 Å². The Morgan fingerprint density at radius 3 is 2.25 bits per heavy atom. The van der Waals surface area contributed by atoms with Crippen molar-refractivity contribution in [3.05, 3.63) is 21.7 Å². The van der Waals surface area contributed by atoms with Crippen LogP contribution in [0.15, 0.2) is 6.07 Å². The summed E-state index contributed by atoms with van der Waals surface area (Å²) in [5.74, 6) is 0.200. The summed E-state index contributed by atoms with van der Waals surface area (Å²) in [4.78, 5) is 24.3. The number of hydrogen-bond acceptors (Lipinski definition) is 6. The summed E-state index contributed by atoms with van der Waals surface area (Å²) in [6, 6.07) is 1.31. The van der Waals surface area contributed by atoms with Crippen molar-refractivity contribution in [3.63, 3.8) is 0 Å². The Hall–Kier alpha value is -2.51. The van der Waals surface area contributed by atoms with Crippen molar-refractivity contribution >= 4 is 11.6 Å². The second-order valence-electron chi connectivity index (χ2n) is 8.44. The van der Waals surface area contributed by atoms with Gasteiger partial charge in [-0.2, -0.15) is 0 Å². The van der Waals surface area contributed by atoms with Gasteiger partial charge in [-0.25, -0.2) is 0 Å². The minimum atomic E-state index is -0.623. The van der Waals surface area contributed by atoms with Gasteiger partial charge in [-0.1, -0.05) is 20.8 Å². The molecule has 1 amide bonds. The third kappa shape index (κ3) is 2.69. The Balaban J connectivity index is 2.02. The smallest absolute Gasteiger partial charge is 0.327 e. The molecule has 2 saturated carbocycles. The Bertz CT molecular complexity index is 821. The van der Waals surface area contributed by atoms with Gasteiger partial charge in [0.25, 0.3) is 5.91 Å². The van der Waals surface area contributed by atoms with Crippen molar-refractivity contribution in [2.75, 3.05) is 21.3 Å². The molecule has 1 aromatic carbocycles. The first-order valence-electron chi connectivity index (χ1n) is 9.40. The molecular weight excluding hydrogens is 364 g/mol. The van der Waals surface area contributed by atoms with E-state index in [2.05, 4.69) is 26.1 Å². The van der Waals surface area contributed by atoms with Crippen molar-refractivity contribution in [1.29, 1.82) is 0 Å². The van der Waals surface area contributed by atoms with Crippen LogP contribution in [-0.2, 0) is 0 Å². The van der Waals surface area contributed by atoms with Crippen molar-refractivity contribution in [2.45, 2.75) is 46.1 Å². The van der Waals surface area contributed by atoms with E-state index in [0.29, 0.717) is 5.92 Å². The highest BCUT2D eigenvalue weighted by atomic mass is 16.6. The minimum absolute atomic E-state index is 0.0348. The molecule has 3 atom stereocenters. The highest BCUT2D eigenvalue weighted by Crippen LogP contribution is 2.65. The lowest BCUT2D eigenvalue weighted by Crippen LogP contribution is -2.47. The first-order chi connectivity index (χ1) is 13.1. The molecule has 3 rings (SSSR count). The van der Waals surface area contributed by atoms with Gasteiger partial charge in [-0.3, -0.25) is 14.9 Å². The predicted octanol–water partition coefficient (Wildman–Crippen LogP) is 3.57. The molecule has 2 aliphatic carbocycles. The molecule has 8 nitrogen and oxygen atoms in total. The summed E-state index contributed by atoms with van der Waals surface area (Å²) in [5, 5.41) is 14.8. The number of nitro groups is 1. The van der Waals surface area contributed by atoms with E-state index in [1.54, 1.807) is 0 Å². The maximum Gasteiger partial charge on any atom is 0.327 e. The van der Waals surface area contributed by atoms with E-state index in [1.807, 2.05) is 0 Å². The van der Waals surface area contributed by atoms with Gasteiger partial charge < -0.3 is 19.5 Å². The second kappa shape index (κ2) is 6.83. The van der Waals surface area contributed by atoms with Crippen LogP contribution in [-0.4, -0.2) is 38.2 Å². The maximum atomic E-state index is 13.1.